The minimum Gasteiger partial charge on any atom is -0.375 e. The van der Waals surface area contributed by atoms with E-state index in [1.165, 1.54) is 19.3 Å². The van der Waals surface area contributed by atoms with Gasteiger partial charge in [-0.05, 0) is 214 Å². The molecule has 6 amide bonds. The van der Waals surface area contributed by atoms with Gasteiger partial charge in [-0.2, -0.15) is 0 Å². The maximum atomic E-state index is 14.3. The fourth-order valence-corrected chi connectivity index (χ4v) is 18.8. The number of carbonyl (C=O) groups excluding carboxylic acids is 6. The molecule has 3 heterocycles. The van der Waals surface area contributed by atoms with Crippen molar-refractivity contribution in [1.29, 1.82) is 0 Å². The van der Waals surface area contributed by atoms with E-state index in [4.69, 9.17) is 14.2 Å². The van der Waals surface area contributed by atoms with Crippen molar-refractivity contribution < 1.29 is 43.0 Å². The normalized spacial score (nSPS) is 44.3. The van der Waals surface area contributed by atoms with Crippen LogP contribution >= 0.6 is 0 Å². The Hall–Kier alpha value is -2.70. The lowest BCUT2D eigenvalue weighted by molar-refractivity contribution is -0.148. The Kier molecular flexibility index (Phi) is 15.7. The molecule has 11 fully saturated rings. The van der Waals surface area contributed by atoms with E-state index in [1.807, 2.05) is 0 Å². The molecule has 3 aliphatic heterocycles. The number of nitrogens with zero attached hydrogens (tertiary/aromatic N) is 3. The fourth-order valence-electron chi connectivity index (χ4n) is 18.8. The number of ether oxygens (including phenoxy) is 3. The Bertz CT molecular complexity index is 2120. The minimum absolute atomic E-state index is 0.0189. The van der Waals surface area contributed by atoms with E-state index >= 15 is 0 Å². The monoisotopic (exact) mass is 1040 g/mol. The second-order valence-electron chi connectivity index (χ2n) is 29.0. The first-order chi connectivity index (χ1) is 35.8. The van der Waals surface area contributed by atoms with Gasteiger partial charge in [0.25, 0.3) is 0 Å². The van der Waals surface area contributed by atoms with Gasteiger partial charge in [0, 0.05) is 18.1 Å². The summed E-state index contributed by atoms with van der Waals surface area (Å²) in [6.45, 7) is 16.4. The van der Waals surface area contributed by atoms with Gasteiger partial charge < -0.3 is 14.2 Å². The molecule has 11 rings (SSSR count). The van der Waals surface area contributed by atoms with Crippen molar-refractivity contribution in [3.8, 4) is 0 Å². The van der Waals surface area contributed by atoms with Gasteiger partial charge >= 0.3 is 0 Å². The highest BCUT2D eigenvalue weighted by Crippen LogP contribution is 2.52. The molecule has 11 aliphatic rings. The molecule has 0 spiro atoms. The van der Waals surface area contributed by atoms with Gasteiger partial charge in [-0.25, -0.2) is 0 Å². The number of amides is 6. The Morgan fingerprint density at radius 1 is 0.333 bits per heavy atom. The predicted octanol–water partition coefficient (Wildman–Crippen LogP) is 11.4. The van der Waals surface area contributed by atoms with E-state index in [2.05, 4.69) is 48.5 Å². The van der Waals surface area contributed by atoms with Crippen LogP contribution in [0, 0.1) is 75.9 Å². The molecular weight excluding hydrogens is 943 g/mol. The first kappa shape index (κ1) is 54.3. The van der Waals surface area contributed by atoms with E-state index in [1.54, 1.807) is 14.7 Å². The second kappa shape index (κ2) is 21.7. The Morgan fingerprint density at radius 2 is 0.640 bits per heavy atom. The molecule has 0 aromatic carbocycles. The van der Waals surface area contributed by atoms with Gasteiger partial charge in [-0.1, -0.05) is 54.9 Å². The van der Waals surface area contributed by atoms with Crippen molar-refractivity contribution in [2.24, 2.45) is 75.9 Å². The van der Waals surface area contributed by atoms with Gasteiger partial charge in [0.2, 0.25) is 35.4 Å². The maximum Gasteiger partial charge on any atom is 0.233 e. The summed E-state index contributed by atoms with van der Waals surface area (Å²) in [5.74, 6) is 1.11. The topological polar surface area (TPSA) is 140 Å². The molecule has 0 radical (unpaired) electrons. The third-order valence-electron chi connectivity index (χ3n) is 23.4. The molecular formula is C63H97N3O9. The summed E-state index contributed by atoms with van der Waals surface area (Å²) >= 11 is 0. The van der Waals surface area contributed by atoms with Crippen LogP contribution in [0.15, 0.2) is 0 Å². The zero-order chi connectivity index (χ0) is 52.7. The average Bonchev–Trinajstić information content (AvgIpc) is 3.92. The van der Waals surface area contributed by atoms with Crippen LogP contribution in [-0.2, 0) is 43.0 Å². The summed E-state index contributed by atoms with van der Waals surface area (Å²) in [5.41, 5.74) is 0.532. The van der Waals surface area contributed by atoms with E-state index in [-0.39, 0.29) is 131 Å². The summed E-state index contributed by atoms with van der Waals surface area (Å²) in [6, 6.07) is -0.498. The lowest BCUT2D eigenvalue weighted by Gasteiger charge is -2.47. The number of hydrogen-bond acceptors (Lipinski definition) is 9. The number of carbonyl (C=O) groups is 6. The highest BCUT2D eigenvalue weighted by Gasteiger charge is 2.58. The number of rotatable bonds is 11. The summed E-state index contributed by atoms with van der Waals surface area (Å²) in [5, 5.41) is 0. The molecule has 12 nitrogen and oxygen atoms in total. The molecule has 75 heavy (non-hydrogen) atoms. The zero-order valence-corrected chi connectivity index (χ0v) is 47.4. The Balaban J connectivity index is 0.613. The fraction of sp³-hybridized carbons (Fsp3) is 0.905. The van der Waals surface area contributed by atoms with Crippen molar-refractivity contribution in [2.45, 2.75) is 283 Å². The molecule has 8 aliphatic carbocycles. The van der Waals surface area contributed by atoms with Crippen LogP contribution in [0.3, 0.4) is 0 Å². The quantitative estimate of drug-likeness (QED) is 0.185. The molecule has 12 heteroatoms. The van der Waals surface area contributed by atoms with Crippen LogP contribution in [0.1, 0.15) is 228 Å². The minimum atomic E-state index is -0.349. The van der Waals surface area contributed by atoms with Crippen molar-refractivity contribution in [1.82, 2.24) is 14.7 Å². The van der Waals surface area contributed by atoms with Crippen LogP contribution < -0.4 is 0 Å². The smallest absolute Gasteiger partial charge is 0.233 e. The summed E-state index contributed by atoms with van der Waals surface area (Å²) in [6.07, 6.45) is 26.6. The molecule has 0 aromatic rings. The van der Waals surface area contributed by atoms with Crippen LogP contribution in [0.25, 0.3) is 0 Å². The first-order valence-electron chi connectivity index (χ1n) is 31.4. The lowest BCUT2D eigenvalue weighted by atomic mass is 9.60. The Morgan fingerprint density at radius 3 is 1.01 bits per heavy atom. The summed E-state index contributed by atoms with van der Waals surface area (Å²) in [7, 11) is 0. The van der Waals surface area contributed by atoms with E-state index in [9.17, 15) is 28.8 Å². The highest BCUT2D eigenvalue weighted by molar-refractivity contribution is 6.07. The summed E-state index contributed by atoms with van der Waals surface area (Å²) in [4.78, 5) is 89.1. The molecule has 13 atom stereocenters. The number of fused-ring (bicyclic) bond motifs is 3. The van der Waals surface area contributed by atoms with E-state index in [0.717, 1.165) is 122 Å². The third-order valence-corrected chi connectivity index (χ3v) is 23.4. The van der Waals surface area contributed by atoms with Crippen LogP contribution in [-0.4, -0.2) is 105 Å². The standard InChI is InChI=1S/C63H97N3O9/c1-36-10-8-11-37(2)55(36)66-58(69)51-31-28-48(35-54(51)61(66)72)75-45-24-18-40(19-25-45)63(6,7)39-16-22-44(23-17-39)74-47-27-30-50-53(34-47)60(71)65(57(50)68)42-13-9-12-41(32-42)64-56(67)49-29-26-46(33-52(49)59(64)70)73-43-20-14-38(15-21-43)62(3,4)5/h36-55H,8-35H2,1-7H3. The van der Waals surface area contributed by atoms with Gasteiger partial charge in [0.05, 0.1) is 72.1 Å². The van der Waals surface area contributed by atoms with E-state index in [0.29, 0.717) is 73.5 Å². The number of hydrogen-bond donors (Lipinski definition) is 0. The van der Waals surface area contributed by atoms with Gasteiger partial charge in [0.15, 0.2) is 0 Å². The molecule has 0 aromatic heterocycles. The average molecular weight is 1040 g/mol. The Labute approximate surface area is 450 Å². The molecule has 0 N–H and O–H groups in total. The van der Waals surface area contributed by atoms with Crippen LogP contribution in [0.5, 0.6) is 0 Å². The number of imide groups is 3. The van der Waals surface area contributed by atoms with Crippen molar-refractivity contribution in [2.75, 3.05) is 0 Å². The van der Waals surface area contributed by atoms with Crippen LogP contribution in [0.2, 0.25) is 0 Å². The van der Waals surface area contributed by atoms with Crippen molar-refractivity contribution in [3.63, 3.8) is 0 Å². The first-order valence-corrected chi connectivity index (χ1v) is 31.4. The van der Waals surface area contributed by atoms with Gasteiger partial charge in [0.1, 0.15) is 0 Å². The molecule has 8 saturated carbocycles. The highest BCUT2D eigenvalue weighted by atomic mass is 16.5. The van der Waals surface area contributed by atoms with E-state index < -0.39 is 0 Å². The second-order valence-corrected chi connectivity index (χ2v) is 29.0. The third kappa shape index (κ3) is 10.5. The van der Waals surface area contributed by atoms with Crippen molar-refractivity contribution in [3.05, 3.63) is 0 Å². The van der Waals surface area contributed by atoms with Crippen LogP contribution in [0.4, 0.5) is 0 Å². The lowest BCUT2D eigenvalue weighted by Crippen LogP contribution is -2.50. The molecule has 0 bridgehead atoms. The number of likely N-dealkylation sites (tertiary alicyclic amines) is 3. The zero-order valence-electron chi connectivity index (χ0n) is 47.4. The predicted molar refractivity (Wildman–Crippen MR) is 285 cm³/mol. The van der Waals surface area contributed by atoms with Crippen molar-refractivity contribution >= 4 is 35.4 Å². The molecule has 13 unspecified atom stereocenters. The SMILES string of the molecule is CC1CCCC(C)C1N1C(=O)C2CCC(OC3CCC(C(C)(C)C4CCC(OC5CCC6C(=O)N(C7CCCC(N8C(=O)C9CCC(OC%10CCC(C(C)(C)C)CC%10)CC9C8=O)C7)C(=O)C6C5)CC4)CC3)CC2C1=O. The molecule has 3 saturated heterocycles. The van der Waals surface area contributed by atoms with Gasteiger partial charge in [-0.15, -0.1) is 0 Å². The van der Waals surface area contributed by atoms with Gasteiger partial charge in [-0.3, -0.25) is 43.5 Å². The summed E-state index contributed by atoms with van der Waals surface area (Å²) < 4.78 is 20.4. The largest absolute Gasteiger partial charge is 0.375 e. The maximum absolute atomic E-state index is 14.3. The molecule has 418 valence electrons.